The summed E-state index contributed by atoms with van der Waals surface area (Å²) in [6, 6.07) is 7.25. The summed E-state index contributed by atoms with van der Waals surface area (Å²) in [5, 5.41) is 11.8. The normalized spacial score (nSPS) is 18.7. The van der Waals surface area contributed by atoms with E-state index in [0.717, 1.165) is 18.4 Å². The molecule has 0 heterocycles. The summed E-state index contributed by atoms with van der Waals surface area (Å²) in [4.78, 5) is 24.6. The van der Waals surface area contributed by atoms with Crippen LogP contribution in [0.25, 0.3) is 5.57 Å². The van der Waals surface area contributed by atoms with Crippen LogP contribution < -0.4 is 5.32 Å². The van der Waals surface area contributed by atoms with Crippen LogP contribution in [-0.4, -0.2) is 42.0 Å². The predicted octanol–water partition coefficient (Wildman–Crippen LogP) is 3.71. The first-order valence-electron chi connectivity index (χ1n) is 10.1. The molecule has 6 heteroatoms. The van der Waals surface area contributed by atoms with Crippen LogP contribution in [0.2, 0.25) is 0 Å². The molecule has 0 saturated carbocycles. The maximum absolute atomic E-state index is 12.4. The summed E-state index contributed by atoms with van der Waals surface area (Å²) in [6.45, 7) is 5.19. The Kier molecular flexibility index (Phi) is 6.42. The predicted molar refractivity (Wildman–Crippen MR) is 110 cm³/mol. The van der Waals surface area contributed by atoms with Gasteiger partial charge in [-0.1, -0.05) is 36.4 Å². The zero-order valence-corrected chi connectivity index (χ0v) is 17.2. The van der Waals surface area contributed by atoms with E-state index in [1.807, 2.05) is 12.1 Å². The fraction of sp³-hybridized carbons (Fsp3) is 0.478. The Morgan fingerprint density at radius 1 is 1.28 bits per heavy atom. The van der Waals surface area contributed by atoms with E-state index in [0.29, 0.717) is 0 Å². The van der Waals surface area contributed by atoms with Crippen molar-refractivity contribution in [1.82, 2.24) is 5.32 Å². The van der Waals surface area contributed by atoms with E-state index < -0.39 is 23.7 Å². The van der Waals surface area contributed by atoms with Crippen LogP contribution in [0.3, 0.4) is 0 Å². The van der Waals surface area contributed by atoms with Gasteiger partial charge in [0.25, 0.3) is 0 Å². The zero-order valence-electron chi connectivity index (χ0n) is 17.2. The number of allylic oxidation sites excluding steroid dienone is 3. The van der Waals surface area contributed by atoms with Crippen LogP contribution in [0.15, 0.2) is 42.0 Å². The summed E-state index contributed by atoms with van der Waals surface area (Å²) >= 11 is 0. The van der Waals surface area contributed by atoms with Crippen LogP contribution >= 0.6 is 0 Å². The minimum Gasteiger partial charge on any atom is -0.458 e. The molecular formula is C23H29NO5. The monoisotopic (exact) mass is 399 g/mol. The molecule has 0 aromatic heterocycles. The average molecular weight is 399 g/mol. The number of carbonyl (C=O) groups is 2. The Morgan fingerprint density at radius 2 is 2.03 bits per heavy atom. The molecule has 6 nitrogen and oxygen atoms in total. The summed E-state index contributed by atoms with van der Waals surface area (Å²) < 4.78 is 10.8. The Bertz CT molecular complexity index is 834. The molecule has 0 saturated heterocycles. The molecule has 156 valence electrons. The van der Waals surface area contributed by atoms with Crippen molar-refractivity contribution in [3.05, 3.63) is 53.1 Å². The highest BCUT2D eigenvalue weighted by atomic mass is 16.6. The van der Waals surface area contributed by atoms with Crippen molar-refractivity contribution >= 4 is 17.6 Å². The molecule has 2 aliphatic rings. The number of hydrogen-bond acceptors (Lipinski definition) is 5. The van der Waals surface area contributed by atoms with E-state index in [2.05, 4.69) is 29.6 Å². The van der Waals surface area contributed by atoms with Gasteiger partial charge in [0.05, 0.1) is 0 Å². The minimum absolute atomic E-state index is 0.0127. The minimum atomic E-state index is -0.952. The summed E-state index contributed by atoms with van der Waals surface area (Å²) in [5.41, 5.74) is 4.23. The lowest BCUT2D eigenvalue weighted by molar-refractivity contribution is -0.157. The lowest BCUT2D eigenvalue weighted by atomic mass is 9.93. The molecule has 2 aliphatic carbocycles. The first-order chi connectivity index (χ1) is 13.8. The quantitative estimate of drug-likeness (QED) is 0.713. The maximum Gasteiger partial charge on any atom is 0.407 e. The van der Waals surface area contributed by atoms with Crippen LogP contribution in [0.4, 0.5) is 4.79 Å². The first-order valence-corrected chi connectivity index (χ1v) is 10.1. The smallest absolute Gasteiger partial charge is 0.407 e. The number of esters is 1. The molecule has 0 radical (unpaired) electrons. The topological polar surface area (TPSA) is 84.9 Å². The fourth-order valence-electron chi connectivity index (χ4n) is 3.82. The van der Waals surface area contributed by atoms with Crippen molar-refractivity contribution in [3.63, 3.8) is 0 Å². The molecule has 1 amide bonds. The molecule has 29 heavy (non-hydrogen) atoms. The van der Waals surface area contributed by atoms with Gasteiger partial charge in [-0.2, -0.15) is 0 Å². The maximum atomic E-state index is 12.4. The van der Waals surface area contributed by atoms with Crippen molar-refractivity contribution in [2.45, 2.75) is 57.6 Å². The number of aliphatic hydroxyl groups is 1. The highest BCUT2D eigenvalue weighted by Crippen LogP contribution is 2.46. The molecular weight excluding hydrogens is 370 g/mol. The van der Waals surface area contributed by atoms with Gasteiger partial charge in [-0.25, -0.2) is 9.59 Å². The van der Waals surface area contributed by atoms with Crippen LogP contribution in [0.5, 0.6) is 0 Å². The van der Waals surface area contributed by atoms with Gasteiger partial charge in [-0.15, -0.1) is 0 Å². The van der Waals surface area contributed by atoms with E-state index in [-0.39, 0.29) is 25.6 Å². The molecule has 0 aliphatic heterocycles. The highest BCUT2D eigenvalue weighted by molar-refractivity contribution is 5.83. The molecule has 1 aromatic carbocycles. The second kappa shape index (κ2) is 8.82. The van der Waals surface area contributed by atoms with E-state index in [4.69, 9.17) is 9.47 Å². The second-order valence-electron chi connectivity index (χ2n) is 8.36. The zero-order chi connectivity index (χ0) is 21.0. The summed E-state index contributed by atoms with van der Waals surface area (Å²) in [7, 11) is 0. The Balaban J connectivity index is 1.64. The number of rotatable bonds is 6. The van der Waals surface area contributed by atoms with Crippen molar-refractivity contribution in [1.29, 1.82) is 0 Å². The first kappa shape index (κ1) is 21.1. The van der Waals surface area contributed by atoms with Crippen LogP contribution in [-0.2, 0) is 14.3 Å². The van der Waals surface area contributed by atoms with Gasteiger partial charge in [0.15, 0.2) is 0 Å². The number of carbonyl (C=O) groups excluding carboxylic acids is 2. The number of ether oxygens (including phenoxy) is 2. The van der Waals surface area contributed by atoms with Gasteiger partial charge in [0.1, 0.15) is 18.2 Å². The third kappa shape index (κ3) is 5.07. The largest absolute Gasteiger partial charge is 0.458 e. The summed E-state index contributed by atoms with van der Waals surface area (Å²) in [6.07, 6.45) is 5.65. The molecule has 0 bridgehead atoms. The number of aliphatic hydroxyl groups excluding tert-OH is 1. The van der Waals surface area contributed by atoms with Gasteiger partial charge in [-0.3, -0.25) is 0 Å². The lowest BCUT2D eigenvalue weighted by Crippen LogP contribution is -2.45. The fourth-order valence-corrected chi connectivity index (χ4v) is 3.82. The molecule has 3 rings (SSSR count). The number of alkyl carbamates (subject to hydrolysis) is 1. The van der Waals surface area contributed by atoms with Gasteiger partial charge in [0, 0.05) is 18.9 Å². The number of nitrogens with one attached hydrogen (secondary N) is 1. The Labute approximate surface area is 171 Å². The number of fused-ring (bicyclic) bond motifs is 2. The SMILES string of the molecule is CC(C)(C)OC(=O)[C@H](CCO)NC(=O)OCC1C2=C(CCC=C2)c2ccccc21. The summed E-state index contributed by atoms with van der Waals surface area (Å²) in [5.74, 6) is -0.601. The van der Waals surface area contributed by atoms with E-state index in [1.54, 1.807) is 20.8 Å². The van der Waals surface area contributed by atoms with E-state index >= 15 is 0 Å². The third-order valence-electron chi connectivity index (χ3n) is 5.03. The molecule has 1 aromatic rings. The number of amides is 1. The van der Waals surface area contributed by atoms with Crippen molar-refractivity contribution in [2.75, 3.05) is 13.2 Å². The average Bonchev–Trinajstić information content (AvgIpc) is 2.99. The van der Waals surface area contributed by atoms with Gasteiger partial charge < -0.3 is 19.9 Å². The Morgan fingerprint density at radius 3 is 2.76 bits per heavy atom. The molecule has 0 fully saturated rings. The van der Waals surface area contributed by atoms with E-state index in [1.165, 1.54) is 16.7 Å². The molecule has 0 spiro atoms. The molecule has 2 N–H and O–H groups in total. The van der Waals surface area contributed by atoms with Crippen molar-refractivity contribution in [3.8, 4) is 0 Å². The number of benzene rings is 1. The number of hydrogen-bond donors (Lipinski definition) is 2. The van der Waals surface area contributed by atoms with Gasteiger partial charge in [0.2, 0.25) is 0 Å². The second-order valence-corrected chi connectivity index (χ2v) is 8.36. The van der Waals surface area contributed by atoms with E-state index in [9.17, 15) is 14.7 Å². The standard InChI is InChI=1S/C23H29NO5/c1-23(2,3)29-21(26)20(12-13-25)24-22(27)28-14-19-17-10-6-4-8-15(17)16-9-5-7-11-18(16)19/h4,6-8,10-11,19-20,25H,5,9,12-14H2,1-3H3,(H,24,27)/t19?,20-/m0/s1. The molecule has 2 atom stereocenters. The van der Waals surface area contributed by atoms with Gasteiger partial charge >= 0.3 is 12.1 Å². The van der Waals surface area contributed by atoms with Crippen LogP contribution in [0, 0.1) is 0 Å². The molecule has 1 unspecified atom stereocenters. The van der Waals surface area contributed by atoms with Crippen molar-refractivity contribution in [2.24, 2.45) is 0 Å². The Hall–Kier alpha value is -2.60. The van der Waals surface area contributed by atoms with Crippen molar-refractivity contribution < 1.29 is 24.2 Å². The van der Waals surface area contributed by atoms with Crippen LogP contribution in [0.1, 0.15) is 57.1 Å². The van der Waals surface area contributed by atoms with Gasteiger partial charge in [-0.05, 0) is 55.9 Å². The lowest BCUT2D eigenvalue weighted by Gasteiger charge is -2.24. The third-order valence-corrected chi connectivity index (χ3v) is 5.03. The highest BCUT2D eigenvalue weighted by Gasteiger charge is 2.32.